The summed E-state index contributed by atoms with van der Waals surface area (Å²) in [5.74, 6) is 0.0423. The van der Waals surface area contributed by atoms with E-state index in [1.165, 1.54) is 24.8 Å². The Kier molecular flexibility index (Phi) is 5.80. The summed E-state index contributed by atoms with van der Waals surface area (Å²) in [6.45, 7) is 2.20. The molecule has 2 rings (SSSR count). The number of hydrogen-bond acceptors (Lipinski definition) is 2. The molecule has 0 saturated heterocycles. The van der Waals surface area contributed by atoms with Crippen molar-refractivity contribution < 1.29 is 4.79 Å². The second-order valence-corrected chi connectivity index (χ2v) is 6.45. The van der Waals surface area contributed by atoms with Crippen LogP contribution in [0.4, 0.5) is 5.69 Å². The number of anilines is 1. The summed E-state index contributed by atoms with van der Waals surface area (Å²) in [7, 11) is 0. The van der Waals surface area contributed by atoms with Gasteiger partial charge in [0.15, 0.2) is 0 Å². The lowest BCUT2D eigenvalue weighted by atomic mass is 9.80. The molecule has 1 saturated carbocycles. The molecule has 1 aromatic rings. The number of aryl methyl sites for hydroxylation is 1. The number of rotatable bonds is 6. The Morgan fingerprint density at radius 1 is 1.19 bits per heavy atom. The third-order valence-corrected chi connectivity index (χ3v) is 4.42. The zero-order valence-corrected chi connectivity index (χ0v) is 13.2. The summed E-state index contributed by atoms with van der Waals surface area (Å²) in [6.07, 6.45) is 9.44. The highest BCUT2D eigenvalue weighted by atomic mass is 16.1. The zero-order valence-electron chi connectivity index (χ0n) is 13.2. The van der Waals surface area contributed by atoms with Gasteiger partial charge in [-0.05, 0) is 43.4 Å². The minimum Gasteiger partial charge on any atom is -0.326 e. The van der Waals surface area contributed by atoms with Crippen LogP contribution in [-0.4, -0.2) is 11.4 Å². The smallest absolute Gasteiger partial charge is 0.226 e. The molecule has 0 atom stereocenters. The van der Waals surface area contributed by atoms with Crippen molar-refractivity contribution >= 4 is 11.6 Å². The molecular formula is C18H28N2O. The van der Waals surface area contributed by atoms with Gasteiger partial charge in [-0.3, -0.25) is 4.79 Å². The van der Waals surface area contributed by atoms with Crippen molar-refractivity contribution in [1.29, 1.82) is 0 Å². The summed E-state index contributed by atoms with van der Waals surface area (Å²) in [5.41, 5.74) is 8.25. The molecule has 1 aromatic carbocycles. The SMILES string of the molecule is CCCCc1ccc(NC(=O)CC2(N)CCCCC2)cc1. The van der Waals surface area contributed by atoms with E-state index in [9.17, 15) is 4.79 Å². The Bertz CT molecular complexity index is 447. The number of benzene rings is 1. The zero-order chi connectivity index (χ0) is 15.1. The third-order valence-electron chi connectivity index (χ3n) is 4.42. The van der Waals surface area contributed by atoms with Gasteiger partial charge in [0.2, 0.25) is 5.91 Å². The summed E-state index contributed by atoms with van der Waals surface area (Å²) in [5, 5.41) is 2.98. The highest BCUT2D eigenvalue weighted by Crippen LogP contribution is 2.29. The fraction of sp³-hybridized carbons (Fsp3) is 0.611. The van der Waals surface area contributed by atoms with E-state index in [1.54, 1.807) is 0 Å². The molecule has 0 heterocycles. The molecule has 21 heavy (non-hydrogen) atoms. The van der Waals surface area contributed by atoms with Gasteiger partial charge in [0.05, 0.1) is 0 Å². The van der Waals surface area contributed by atoms with E-state index in [1.807, 2.05) is 12.1 Å². The van der Waals surface area contributed by atoms with Crippen LogP contribution in [0, 0.1) is 0 Å². The van der Waals surface area contributed by atoms with Crippen LogP contribution in [0.2, 0.25) is 0 Å². The van der Waals surface area contributed by atoms with Gasteiger partial charge in [-0.2, -0.15) is 0 Å². The topological polar surface area (TPSA) is 55.1 Å². The normalized spacial score (nSPS) is 17.4. The maximum Gasteiger partial charge on any atom is 0.226 e. The second kappa shape index (κ2) is 7.60. The molecule has 116 valence electrons. The average Bonchev–Trinajstić information content (AvgIpc) is 2.46. The van der Waals surface area contributed by atoms with Gasteiger partial charge >= 0.3 is 0 Å². The average molecular weight is 288 g/mol. The summed E-state index contributed by atoms with van der Waals surface area (Å²) < 4.78 is 0. The first kappa shape index (κ1) is 16.0. The molecule has 0 bridgehead atoms. The molecule has 1 fully saturated rings. The molecule has 0 aromatic heterocycles. The minimum atomic E-state index is -0.288. The molecule has 0 radical (unpaired) electrons. The Hall–Kier alpha value is -1.35. The van der Waals surface area contributed by atoms with Crippen LogP contribution in [0.3, 0.4) is 0 Å². The molecule has 1 amide bonds. The third kappa shape index (κ3) is 5.16. The first-order valence-corrected chi connectivity index (χ1v) is 8.29. The van der Waals surface area contributed by atoms with Crippen LogP contribution < -0.4 is 11.1 Å². The van der Waals surface area contributed by atoms with E-state index in [-0.39, 0.29) is 11.4 Å². The highest BCUT2D eigenvalue weighted by Gasteiger charge is 2.29. The Balaban J connectivity index is 1.84. The number of hydrogen-bond donors (Lipinski definition) is 2. The van der Waals surface area contributed by atoms with E-state index >= 15 is 0 Å². The monoisotopic (exact) mass is 288 g/mol. The quantitative estimate of drug-likeness (QED) is 0.830. The Morgan fingerprint density at radius 2 is 1.86 bits per heavy atom. The predicted molar refractivity (Wildman–Crippen MR) is 88.3 cm³/mol. The standard InChI is InChI=1S/C18H28N2O/c1-2-3-7-15-8-10-16(11-9-15)20-17(21)14-18(19)12-5-4-6-13-18/h8-11H,2-7,12-14,19H2,1H3,(H,20,21). The number of nitrogens with two attached hydrogens (primary N) is 1. The van der Waals surface area contributed by atoms with Gasteiger partial charge in [0, 0.05) is 17.6 Å². The molecule has 0 aliphatic heterocycles. The van der Waals surface area contributed by atoms with E-state index in [4.69, 9.17) is 5.73 Å². The molecule has 0 unspecified atom stereocenters. The maximum absolute atomic E-state index is 12.2. The van der Waals surface area contributed by atoms with Crippen LogP contribution in [0.5, 0.6) is 0 Å². The van der Waals surface area contributed by atoms with E-state index in [0.717, 1.165) is 37.8 Å². The van der Waals surface area contributed by atoms with E-state index < -0.39 is 0 Å². The largest absolute Gasteiger partial charge is 0.326 e. The van der Waals surface area contributed by atoms with Crippen LogP contribution in [0.1, 0.15) is 63.9 Å². The Morgan fingerprint density at radius 3 is 2.48 bits per heavy atom. The van der Waals surface area contributed by atoms with Crippen LogP contribution in [0.15, 0.2) is 24.3 Å². The van der Waals surface area contributed by atoms with Crippen molar-refractivity contribution in [2.24, 2.45) is 5.73 Å². The van der Waals surface area contributed by atoms with E-state index in [0.29, 0.717) is 6.42 Å². The number of unbranched alkanes of at least 4 members (excludes halogenated alkanes) is 1. The molecule has 0 spiro atoms. The molecule has 3 nitrogen and oxygen atoms in total. The van der Waals surface area contributed by atoms with Crippen molar-refractivity contribution in [3.05, 3.63) is 29.8 Å². The molecule has 1 aliphatic rings. The summed E-state index contributed by atoms with van der Waals surface area (Å²) in [6, 6.07) is 8.19. The summed E-state index contributed by atoms with van der Waals surface area (Å²) >= 11 is 0. The van der Waals surface area contributed by atoms with Crippen LogP contribution >= 0.6 is 0 Å². The molecule has 1 aliphatic carbocycles. The van der Waals surface area contributed by atoms with Crippen molar-refractivity contribution in [3.63, 3.8) is 0 Å². The number of carbonyl (C=O) groups excluding carboxylic acids is 1. The van der Waals surface area contributed by atoms with Gasteiger partial charge in [-0.15, -0.1) is 0 Å². The predicted octanol–water partition coefficient (Wildman–Crippen LogP) is 4.02. The van der Waals surface area contributed by atoms with Crippen molar-refractivity contribution in [2.45, 2.75) is 70.3 Å². The second-order valence-electron chi connectivity index (χ2n) is 6.45. The minimum absolute atomic E-state index is 0.0423. The van der Waals surface area contributed by atoms with Crippen molar-refractivity contribution in [1.82, 2.24) is 0 Å². The van der Waals surface area contributed by atoms with Crippen LogP contribution in [0.25, 0.3) is 0 Å². The fourth-order valence-corrected chi connectivity index (χ4v) is 3.09. The first-order valence-electron chi connectivity index (χ1n) is 8.29. The highest BCUT2D eigenvalue weighted by molar-refractivity contribution is 5.91. The number of amides is 1. The van der Waals surface area contributed by atoms with Gasteiger partial charge in [0.1, 0.15) is 0 Å². The van der Waals surface area contributed by atoms with Crippen molar-refractivity contribution in [3.8, 4) is 0 Å². The Labute approximate surface area is 128 Å². The number of carbonyl (C=O) groups is 1. The molecule has 3 N–H and O–H groups in total. The van der Waals surface area contributed by atoms with Gasteiger partial charge in [-0.25, -0.2) is 0 Å². The lowest BCUT2D eigenvalue weighted by Gasteiger charge is -2.32. The van der Waals surface area contributed by atoms with Crippen LogP contribution in [-0.2, 0) is 11.2 Å². The van der Waals surface area contributed by atoms with Gasteiger partial charge in [-0.1, -0.05) is 44.7 Å². The molecule has 3 heteroatoms. The first-order chi connectivity index (χ1) is 10.1. The van der Waals surface area contributed by atoms with Gasteiger partial charge < -0.3 is 11.1 Å². The summed E-state index contributed by atoms with van der Waals surface area (Å²) in [4.78, 5) is 12.2. The maximum atomic E-state index is 12.2. The lowest BCUT2D eigenvalue weighted by Crippen LogP contribution is -2.44. The van der Waals surface area contributed by atoms with Gasteiger partial charge in [0.25, 0.3) is 0 Å². The van der Waals surface area contributed by atoms with E-state index in [2.05, 4.69) is 24.4 Å². The fourth-order valence-electron chi connectivity index (χ4n) is 3.09. The number of nitrogens with one attached hydrogen (secondary N) is 1. The molecular weight excluding hydrogens is 260 g/mol. The van der Waals surface area contributed by atoms with Crippen molar-refractivity contribution in [2.75, 3.05) is 5.32 Å². The lowest BCUT2D eigenvalue weighted by molar-refractivity contribution is -0.117.